The van der Waals surface area contributed by atoms with Crippen molar-refractivity contribution in [1.29, 1.82) is 0 Å². The van der Waals surface area contributed by atoms with Gasteiger partial charge in [-0.2, -0.15) is 13.2 Å². The third-order valence-electron chi connectivity index (χ3n) is 4.40. The van der Waals surface area contributed by atoms with Crippen LogP contribution in [-0.4, -0.2) is 31.6 Å². The first kappa shape index (κ1) is 22.9. The van der Waals surface area contributed by atoms with E-state index in [1.165, 1.54) is 16.7 Å². The van der Waals surface area contributed by atoms with Crippen LogP contribution in [0, 0.1) is 6.92 Å². The van der Waals surface area contributed by atoms with E-state index in [-0.39, 0.29) is 28.3 Å². The summed E-state index contributed by atoms with van der Waals surface area (Å²) in [5, 5.41) is 15.1. The summed E-state index contributed by atoms with van der Waals surface area (Å²) >= 11 is 7.30. The SMILES string of the molecule is Cc1cc(NC(=O)CSc2nnc(-c3ccccc3Cl)n2-c2cccc(C(F)(F)F)c2)on1. The van der Waals surface area contributed by atoms with Crippen molar-refractivity contribution in [3.8, 4) is 17.1 Å². The predicted octanol–water partition coefficient (Wildman–Crippen LogP) is 5.63. The molecule has 0 radical (unpaired) electrons. The molecular formula is C21H15ClF3N5O2S. The molecule has 0 aliphatic heterocycles. The van der Waals surface area contributed by atoms with Gasteiger partial charge < -0.3 is 4.52 Å². The van der Waals surface area contributed by atoms with Gasteiger partial charge >= 0.3 is 6.18 Å². The number of hydrogen-bond acceptors (Lipinski definition) is 6. The maximum absolute atomic E-state index is 13.3. The van der Waals surface area contributed by atoms with Crippen molar-refractivity contribution >= 4 is 35.2 Å². The normalized spacial score (nSPS) is 11.5. The second kappa shape index (κ2) is 9.28. The third kappa shape index (κ3) is 5.20. The molecule has 2 heterocycles. The van der Waals surface area contributed by atoms with Crippen molar-refractivity contribution in [2.75, 3.05) is 11.1 Å². The van der Waals surface area contributed by atoms with Gasteiger partial charge in [0, 0.05) is 11.6 Å². The number of carbonyl (C=O) groups excluding carboxylic acids is 1. The van der Waals surface area contributed by atoms with Gasteiger partial charge in [0.1, 0.15) is 0 Å². The van der Waals surface area contributed by atoms with E-state index in [0.29, 0.717) is 16.3 Å². The van der Waals surface area contributed by atoms with Crippen LogP contribution in [-0.2, 0) is 11.0 Å². The molecule has 170 valence electrons. The average Bonchev–Trinajstić information content (AvgIpc) is 3.38. The molecule has 2 aromatic heterocycles. The van der Waals surface area contributed by atoms with Gasteiger partial charge in [-0.1, -0.05) is 46.7 Å². The molecule has 0 aliphatic rings. The molecule has 4 rings (SSSR count). The summed E-state index contributed by atoms with van der Waals surface area (Å²) in [6, 6.07) is 13.1. The number of nitrogens with one attached hydrogen (secondary N) is 1. The number of alkyl halides is 3. The summed E-state index contributed by atoms with van der Waals surface area (Å²) in [7, 11) is 0. The number of nitrogens with zero attached hydrogens (tertiary/aromatic N) is 4. The number of benzene rings is 2. The van der Waals surface area contributed by atoms with Crippen LogP contribution in [0.4, 0.5) is 19.1 Å². The maximum Gasteiger partial charge on any atom is 0.416 e. The van der Waals surface area contributed by atoms with Crippen LogP contribution in [0.2, 0.25) is 5.02 Å². The van der Waals surface area contributed by atoms with E-state index in [2.05, 4.69) is 20.7 Å². The highest BCUT2D eigenvalue weighted by Gasteiger charge is 2.31. The summed E-state index contributed by atoms with van der Waals surface area (Å²) in [5.41, 5.74) is 0.441. The molecule has 7 nitrogen and oxygen atoms in total. The molecule has 0 saturated heterocycles. The minimum absolute atomic E-state index is 0.0979. The van der Waals surface area contributed by atoms with E-state index in [9.17, 15) is 18.0 Å². The molecule has 0 unspecified atom stereocenters. The van der Waals surface area contributed by atoms with E-state index in [4.69, 9.17) is 16.1 Å². The van der Waals surface area contributed by atoms with E-state index in [1.54, 1.807) is 37.3 Å². The quantitative estimate of drug-likeness (QED) is 0.350. The molecule has 0 bridgehead atoms. The summed E-state index contributed by atoms with van der Waals surface area (Å²) in [6.07, 6.45) is -4.53. The molecule has 0 fully saturated rings. The van der Waals surface area contributed by atoms with Crippen molar-refractivity contribution in [2.24, 2.45) is 0 Å². The Balaban J connectivity index is 1.69. The number of aryl methyl sites for hydroxylation is 1. The summed E-state index contributed by atoms with van der Waals surface area (Å²) < 4.78 is 46.4. The minimum atomic E-state index is -4.53. The van der Waals surface area contributed by atoms with Crippen molar-refractivity contribution in [3.05, 3.63) is 70.9 Å². The van der Waals surface area contributed by atoms with Gasteiger partial charge in [-0.25, -0.2) is 0 Å². The molecule has 0 atom stereocenters. The Morgan fingerprint density at radius 1 is 1.15 bits per heavy atom. The fourth-order valence-corrected chi connectivity index (χ4v) is 3.93. The number of rotatable bonds is 6. The highest BCUT2D eigenvalue weighted by molar-refractivity contribution is 7.99. The van der Waals surface area contributed by atoms with Crippen LogP contribution in [0.25, 0.3) is 17.1 Å². The second-order valence-electron chi connectivity index (χ2n) is 6.84. The van der Waals surface area contributed by atoms with Crippen molar-refractivity contribution in [1.82, 2.24) is 19.9 Å². The number of halogens is 4. The fraction of sp³-hybridized carbons (Fsp3) is 0.143. The number of hydrogen-bond donors (Lipinski definition) is 1. The van der Waals surface area contributed by atoms with E-state index >= 15 is 0 Å². The second-order valence-corrected chi connectivity index (χ2v) is 8.19. The van der Waals surface area contributed by atoms with Gasteiger partial charge in [-0.15, -0.1) is 10.2 Å². The monoisotopic (exact) mass is 493 g/mol. The summed E-state index contributed by atoms with van der Waals surface area (Å²) in [4.78, 5) is 12.3. The van der Waals surface area contributed by atoms with Crippen LogP contribution in [0.15, 0.2) is 64.3 Å². The maximum atomic E-state index is 13.3. The number of amides is 1. The topological polar surface area (TPSA) is 85.8 Å². The minimum Gasteiger partial charge on any atom is -0.338 e. The Labute approximate surface area is 194 Å². The van der Waals surface area contributed by atoms with Gasteiger partial charge in [-0.3, -0.25) is 14.7 Å². The molecule has 0 spiro atoms. The number of anilines is 1. The fourth-order valence-electron chi connectivity index (χ4n) is 2.96. The zero-order valence-corrected chi connectivity index (χ0v) is 18.5. The van der Waals surface area contributed by atoms with Gasteiger partial charge in [0.15, 0.2) is 11.0 Å². The largest absolute Gasteiger partial charge is 0.416 e. The summed E-state index contributed by atoms with van der Waals surface area (Å²) in [6.45, 7) is 1.71. The Morgan fingerprint density at radius 3 is 2.64 bits per heavy atom. The zero-order chi connectivity index (χ0) is 23.6. The molecule has 0 aliphatic carbocycles. The molecule has 4 aromatic rings. The van der Waals surface area contributed by atoms with E-state index < -0.39 is 17.6 Å². The third-order valence-corrected chi connectivity index (χ3v) is 5.66. The Bertz CT molecular complexity index is 1310. The van der Waals surface area contributed by atoms with Gasteiger partial charge in [0.25, 0.3) is 0 Å². The number of carbonyl (C=O) groups is 1. The lowest BCUT2D eigenvalue weighted by molar-refractivity contribution is -0.137. The number of aromatic nitrogens is 4. The van der Waals surface area contributed by atoms with Gasteiger partial charge in [0.05, 0.1) is 27.7 Å². The lowest BCUT2D eigenvalue weighted by atomic mass is 10.1. The lowest BCUT2D eigenvalue weighted by Gasteiger charge is -2.13. The van der Waals surface area contributed by atoms with Crippen molar-refractivity contribution in [2.45, 2.75) is 18.3 Å². The first-order valence-electron chi connectivity index (χ1n) is 9.46. The predicted molar refractivity (Wildman–Crippen MR) is 117 cm³/mol. The molecular weight excluding hydrogens is 479 g/mol. The highest BCUT2D eigenvalue weighted by Crippen LogP contribution is 2.35. The average molecular weight is 494 g/mol. The summed E-state index contributed by atoms with van der Waals surface area (Å²) in [5.74, 6) is -0.0729. The van der Waals surface area contributed by atoms with Crippen molar-refractivity contribution < 1.29 is 22.5 Å². The molecule has 33 heavy (non-hydrogen) atoms. The Kier molecular flexibility index (Phi) is 6.43. The zero-order valence-electron chi connectivity index (χ0n) is 16.9. The number of thioether (sulfide) groups is 1. The molecule has 1 N–H and O–H groups in total. The molecule has 1 amide bonds. The van der Waals surface area contributed by atoms with E-state index in [0.717, 1.165) is 23.9 Å². The Hall–Kier alpha value is -3.31. The van der Waals surface area contributed by atoms with Crippen LogP contribution < -0.4 is 5.32 Å². The lowest BCUT2D eigenvalue weighted by Crippen LogP contribution is -2.14. The van der Waals surface area contributed by atoms with Crippen LogP contribution in [0.3, 0.4) is 0 Å². The Morgan fingerprint density at radius 2 is 1.94 bits per heavy atom. The first-order valence-corrected chi connectivity index (χ1v) is 10.8. The van der Waals surface area contributed by atoms with Crippen molar-refractivity contribution in [3.63, 3.8) is 0 Å². The van der Waals surface area contributed by atoms with Crippen LogP contribution in [0.5, 0.6) is 0 Å². The molecule has 12 heteroatoms. The standard InChI is InChI=1S/C21H15ClF3N5O2S/c1-12-9-18(32-29-12)26-17(31)11-33-20-28-27-19(15-7-2-3-8-16(15)22)30(20)14-6-4-5-13(10-14)21(23,24)25/h2-10H,11H2,1H3,(H,26,31). The van der Waals surface area contributed by atoms with Gasteiger partial charge in [0.2, 0.25) is 11.8 Å². The molecule has 0 saturated carbocycles. The van der Waals surface area contributed by atoms with Gasteiger partial charge in [-0.05, 0) is 37.3 Å². The highest BCUT2D eigenvalue weighted by atomic mass is 35.5. The van der Waals surface area contributed by atoms with E-state index in [1.807, 2.05) is 0 Å². The van der Waals surface area contributed by atoms with Crippen LogP contribution >= 0.6 is 23.4 Å². The van der Waals surface area contributed by atoms with Crippen LogP contribution in [0.1, 0.15) is 11.3 Å². The molecule has 2 aromatic carbocycles. The first-order chi connectivity index (χ1) is 15.7. The smallest absolute Gasteiger partial charge is 0.338 e.